The Kier molecular flexibility index (Phi) is 6.15. The van der Waals surface area contributed by atoms with Crippen LogP contribution in [-0.2, 0) is 15.1 Å². The fraction of sp³-hybridized carbons (Fsp3) is 0.240. The quantitative estimate of drug-likeness (QED) is 0.505. The van der Waals surface area contributed by atoms with Crippen molar-refractivity contribution in [2.24, 2.45) is 0 Å². The zero-order valence-corrected chi connectivity index (χ0v) is 19.0. The molecule has 1 fully saturated rings. The molecule has 0 aliphatic carbocycles. The number of nitrogens with zero attached hydrogens (tertiary/aromatic N) is 2. The molecule has 3 aromatic rings. The minimum Gasteiger partial charge on any atom is -0.497 e. The van der Waals surface area contributed by atoms with E-state index in [1.54, 1.807) is 26.4 Å². The summed E-state index contributed by atoms with van der Waals surface area (Å²) in [6, 6.07) is 22.8. The maximum atomic E-state index is 13.4. The lowest BCUT2D eigenvalue weighted by Gasteiger charge is -2.36. The van der Waals surface area contributed by atoms with Gasteiger partial charge in [-0.25, -0.2) is 4.79 Å². The molecule has 0 saturated carbocycles. The SMILES string of the molecule is COC(=O)C1(c2ccc(Cl)cc2)CN(c2ccc(OC)cc2)CN1c1ccc(OC)cc1. The lowest BCUT2D eigenvalue weighted by Crippen LogP contribution is -2.51. The number of methoxy groups -OCH3 is 3. The molecule has 4 rings (SSSR count). The van der Waals surface area contributed by atoms with Crippen LogP contribution < -0.4 is 19.3 Å². The van der Waals surface area contributed by atoms with Crippen LogP contribution in [0.15, 0.2) is 72.8 Å². The van der Waals surface area contributed by atoms with Crippen molar-refractivity contribution in [3.63, 3.8) is 0 Å². The Morgan fingerprint density at radius 3 is 1.84 bits per heavy atom. The van der Waals surface area contributed by atoms with E-state index in [0.29, 0.717) is 18.2 Å². The highest BCUT2D eigenvalue weighted by Crippen LogP contribution is 2.42. The van der Waals surface area contributed by atoms with Crippen molar-refractivity contribution >= 4 is 28.9 Å². The van der Waals surface area contributed by atoms with Crippen molar-refractivity contribution in [2.75, 3.05) is 44.3 Å². The summed E-state index contributed by atoms with van der Waals surface area (Å²) in [5.41, 5.74) is 1.60. The normalized spacial score (nSPS) is 17.9. The monoisotopic (exact) mass is 452 g/mol. The van der Waals surface area contributed by atoms with Crippen molar-refractivity contribution in [3.05, 3.63) is 83.4 Å². The summed E-state index contributed by atoms with van der Waals surface area (Å²) in [5, 5.41) is 0.606. The van der Waals surface area contributed by atoms with Gasteiger partial charge in [-0.2, -0.15) is 0 Å². The van der Waals surface area contributed by atoms with E-state index in [-0.39, 0.29) is 5.97 Å². The van der Waals surface area contributed by atoms with Gasteiger partial charge in [0.15, 0.2) is 5.54 Å². The Morgan fingerprint density at radius 2 is 1.34 bits per heavy atom. The summed E-state index contributed by atoms with van der Waals surface area (Å²) in [4.78, 5) is 17.6. The number of hydrogen-bond donors (Lipinski definition) is 0. The van der Waals surface area contributed by atoms with Crippen LogP contribution in [0.4, 0.5) is 11.4 Å². The predicted molar refractivity (Wildman–Crippen MR) is 126 cm³/mol. The third-order valence-corrected chi connectivity index (χ3v) is 6.11. The number of anilines is 2. The molecule has 1 saturated heterocycles. The first-order valence-electron chi connectivity index (χ1n) is 10.2. The zero-order valence-electron chi connectivity index (χ0n) is 18.2. The number of ether oxygens (including phenoxy) is 3. The van der Waals surface area contributed by atoms with Gasteiger partial charge in [0, 0.05) is 16.4 Å². The highest BCUT2D eigenvalue weighted by atomic mass is 35.5. The molecule has 6 nitrogen and oxygen atoms in total. The average Bonchev–Trinajstić information content (AvgIpc) is 3.26. The first kappa shape index (κ1) is 21.8. The molecule has 1 aliphatic heterocycles. The number of hydrogen-bond acceptors (Lipinski definition) is 6. The Morgan fingerprint density at radius 1 is 0.812 bits per heavy atom. The van der Waals surface area contributed by atoms with Crippen LogP contribution in [-0.4, -0.2) is 40.5 Å². The van der Waals surface area contributed by atoms with E-state index in [9.17, 15) is 4.79 Å². The molecule has 1 heterocycles. The Bertz CT molecular complexity index is 1070. The second kappa shape index (κ2) is 9.01. The van der Waals surface area contributed by atoms with Gasteiger partial charge in [0.25, 0.3) is 0 Å². The van der Waals surface area contributed by atoms with Gasteiger partial charge in [-0.15, -0.1) is 0 Å². The third kappa shape index (κ3) is 3.82. The van der Waals surface area contributed by atoms with E-state index in [2.05, 4.69) is 9.80 Å². The summed E-state index contributed by atoms with van der Waals surface area (Å²) in [5.74, 6) is 1.18. The number of esters is 1. The standard InChI is InChI=1S/C25H25ClN2O4/c1-30-22-12-8-20(9-13-22)27-16-25(24(29)32-3,18-4-6-19(26)7-5-18)28(17-27)21-10-14-23(31-2)15-11-21/h4-15H,16-17H2,1-3H3. The van der Waals surface area contributed by atoms with E-state index in [1.807, 2.05) is 60.7 Å². The maximum absolute atomic E-state index is 13.4. The lowest BCUT2D eigenvalue weighted by atomic mass is 9.88. The van der Waals surface area contributed by atoms with Crippen LogP contribution in [0.25, 0.3) is 0 Å². The van der Waals surface area contributed by atoms with Crippen molar-refractivity contribution in [3.8, 4) is 11.5 Å². The molecular weight excluding hydrogens is 428 g/mol. The van der Waals surface area contributed by atoms with Gasteiger partial charge in [-0.05, 0) is 66.2 Å². The topological polar surface area (TPSA) is 51.2 Å². The van der Waals surface area contributed by atoms with Gasteiger partial charge < -0.3 is 24.0 Å². The Labute approximate surface area is 192 Å². The summed E-state index contributed by atoms with van der Waals surface area (Å²) >= 11 is 6.15. The number of benzene rings is 3. The predicted octanol–water partition coefficient (Wildman–Crippen LogP) is 4.71. The number of carbonyl (C=O) groups excluding carboxylic acids is 1. The van der Waals surface area contributed by atoms with Gasteiger partial charge in [0.05, 0.1) is 34.5 Å². The summed E-state index contributed by atoms with van der Waals surface area (Å²) < 4.78 is 16.0. The van der Waals surface area contributed by atoms with Gasteiger partial charge in [-0.1, -0.05) is 23.7 Å². The minimum absolute atomic E-state index is 0.341. The summed E-state index contributed by atoms with van der Waals surface area (Å²) in [6.07, 6.45) is 0. The Balaban J connectivity index is 1.84. The van der Waals surface area contributed by atoms with Crippen LogP contribution in [0.2, 0.25) is 5.02 Å². The molecule has 0 spiro atoms. The molecule has 3 aromatic carbocycles. The molecule has 0 N–H and O–H groups in total. The zero-order chi connectivity index (χ0) is 22.7. The smallest absolute Gasteiger partial charge is 0.338 e. The summed E-state index contributed by atoms with van der Waals surface area (Å²) in [7, 11) is 4.68. The van der Waals surface area contributed by atoms with Gasteiger partial charge >= 0.3 is 5.97 Å². The molecule has 0 amide bonds. The fourth-order valence-corrected chi connectivity index (χ4v) is 4.29. The van der Waals surface area contributed by atoms with E-state index in [0.717, 1.165) is 28.4 Å². The van der Waals surface area contributed by atoms with E-state index >= 15 is 0 Å². The first-order valence-corrected chi connectivity index (χ1v) is 10.5. The van der Waals surface area contributed by atoms with E-state index < -0.39 is 5.54 Å². The van der Waals surface area contributed by atoms with E-state index in [1.165, 1.54) is 7.11 Å². The fourth-order valence-electron chi connectivity index (χ4n) is 4.17. The molecule has 0 bridgehead atoms. The van der Waals surface area contributed by atoms with Crippen LogP contribution >= 0.6 is 11.6 Å². The highest BCUT2D eigenvalue weighted by molar-refractivity contribution is 6.30. The molecule has 1 aliphatic rings. The van der Waals surface area contributed by atoms with E-state index in [4.69, 9.17) is 25.8 Å². The number of rotatable bonds is 6. The molecule has 1 atom stereocenters. The lowest BCUT2D eigenvalue weighted by molar-refractivity contribution is -0.146. The summed E-state index contributed by atoms with van der Waals surface area (Å²) in [6.45, 7) is 0.885. The molecule has 1 unspecified atom stereocenters. The first-order chi connectivity index (χ1) is 15.5. The molecule has 166 valence electrons. The second-order valence-corrected chi connectivity index (χ2v) is 7.96. The van der Waals surface area contributed by atoms with Crippen LogP contribution in [0.1, 0.15) is 5.56 Å². The average molecular weight is 453 g/mol. The van der Waals surface area contributed by atoms with Crippen LogP contribution in [0.3, 0.4) is 0 Å². The minimum atomic E-state index is -1.06. The maximum Gasteiger partial charge on any atom is 0.338 e. The van der Waals surface area contributed by atoms with Crippen molar-refractivity contribution in [1.29, 1.82) is 0 Å². The number of carbonyl (C=O) groups is 1. The largest absolute Gasteiger partial charge is 0.497 e. The molecule has 7 heteroatoms. The van der Waals surface area contributed by atoms with Gasteiger partial charge in [0.1, 0.15) is 11.5 Å². The van der Waals surface area contributed by atoms with Crippen LogP contribution in [0, 0.1) is 0 Å². The molecular formula is C25H25ClN2O4. The number of halogens is 1. The van der Waals surface area contributed by atoms with Crippen molar-refractivity contribution in [2.45, 2.75) is 5.54 Å². The van der Waals surface area contributed by atoms with Gasteiger partial charge in [0.2, 0.25) is 0 Å². The second-order valence-electron chi connectivity index (χ2n) is 7.52. The Hall–Kier alpha value is -3.38. The highest BCUT2D eigenvalue weighted by Gasteiger charge is 2.53. The molecule has 32 heavy (non-hydrogen) atoms. The molecule has 0 aromatic heterocycles. The van der Waals surface area contributed by atoms with Crippen molar-refractivity contribution < 1.29 is 19.0 Å². The van der Waals surface area contributed by atoms with Crippen molar-refractivity contribution in [1.82, 2.24) is 0 Å². The van der Waals surface area contributed by atoms with Crippen LogP contribution in [0.5, 0.6) is 11.5 Å². The molecule has 0 radical (unpaired) electrons. The van der Waals surface area contributed by atoms with Gasteiger partial charge in [-0.3, -0.25) is 0 Å². The third-order valence-electron chi connectivity index (χ3n) is 5.86.